The number of anilines is 1. The molecular weight excluding hydrogens is 289 g/mol. The first kappa shape index (κ1) is 15.7. The first-order chi connectivity index (χ1) is 10.5. The van der Waals surface area contributed by atoms with Gasteiger partial charge in [-0.1, -0.05) is 0 Å². The van der Waals surface area contributed by atoms with E-state index in [2.05, 4.69) is 10.2 Å². The number of nitrogens with one attached hydrogen (secondary N) is 1. The molecule has 0 spiro atoms. The van der Waals surface area contributed by atoms with Gasteiger partial charge in [0.25, 0.3) is 0 Å². The Kier molecular flexibility index (Phi) is 4.62. The second-order valence-electron chi connectivity index (χ2n) is 6.38. The molecule has 0 atom stereocenters. The van der Waals surface area contributed by atoms with Crippen LogP contribution in [-0.4, -0.2) is 26.2 Å². The molecule has 2 aliphatic rings. The molecule has 0 bridgehead atoms. The molecule has 0 amide bonds. The minimum absolute atomic E-state index is 0.243. The van der Waals surface area contributed by atoms with Gasteiger partial charge in [0.15, 0.2) is 0 Å². The fourth-order valence-corrected chi connectivity index (χ4v) is 3.52. The lowest BCUT2D eigenvalue weighted by Crippen LogP contribution is -2.30. The van der Waals surface area contributed by atoms with Gasteiger partial charge in [0.2, 0.25) is 0 Å². The van der Waals surface area contributed by atoms with Crippen molar-refractivity contribution in [3.63, 3.8) is 0 Å². The summed E-state index contributed by atoms with van der Waals surface area (Å²) in [7, 11) is 0. The Labute approximate surface area is 129 Å². The largest absolute Gasteiger partial charge is 0.416 e. The monoisotopic (exact) mass is 312 g/mol. The summed E-state index contributed by atoms with van der Waals surface area (Å²) < 4.78 is 39.8. The third-order valence-electron chi connectivity index (χ3n) is 4.80. The molecule has 2 fully saturated rings. The van der Waals surface area contributed by atoms with Gasteiger partial charge < -0.3 is 10.2 Å². The van der Waals surface area contributed by atoms with E-state index in [1.165, 1.54) is 18.6 Å². The van der Waals surface area contributed by atoms with Crippen LogP contribution in [0.4, 0.5) is 18.9 Å². The summed E-state index contributed by atoms with van der Waals surface area (Å²) in [4.78, 5) is 2.11. The van der Waals surface area contributed by atoms with Crippen molar-refractivity contribution in [3.8, 4) is 0 Å². The molecule has 0 aromatic heterocycles. The topological polar surface area (TPSA) is 15.3 Å². The number of alkyl halides is 3. The Balaban J connectivity index is 1.93. The highest BCUT2D eigenvalue weighted by Gasteiger charge is 2.32. The molecule has 2 aliphatic heterocycles. The first-order valence-electron chi connectivity index (χ1n) is 8.22. The van der Waals surface area contributed by atoms with Gasteiger partial charge in [-0.25, -0.2) is 0 Å². The Morgan fingerprint density at radius 1 is 0.955 bits per heavy atom. The maximum absolute atomic E-state index is 13.3. The van der Waals surface area contributed by atoms with Crippen LogP contribution in [0.25, 0.3) is 0 Å². The molecular formula is C17H23F3N2. The van der Waals surface area contributed by atoms with Crippen LogP contribution < -0.4 is 10.2 Å². The molecule has 1 aromatic rings. The van der Waals surface area contributed by atoms with E-state index in [9.17, 15) is 13.2 Å². The van der Waals surface area contributed by atoms with Crippen molar-refractivity contribution >= 4 is 5.69 Å². The van der Waals surface area contributed by atoms with E-state index < -0.39 is 11.7 Å². The molecule has 1 N–H and O–H groups in total. The molecule has 122 valence electrons. The lowest BCUT2D eigenvalue weighted by Gasteiger charge is -2.31. The zero-order valence-electron chi connectivity index (χ0n) is 12.8. The second-order valence-corrected chi connectivity index (χ2v) is 6.38. The van der Waals surface area contributed by atoms with Gasteiger partial charge in [-0.15, -0.1) is 0 Å². The highest BCUT2D eigenvalue weighted by atomic mass is 19.4. The van der Waals surface area contributed by atoms with Gasteiger partial charge in [0.05, 0.1) is 5.56 Å². The van der Waals surface area contributed by atoms with E-state index in [-0.39, 0.29) is 5.92 Å². The zero-order chi connectivity index (χ0) is 15.6. The van der Waals surface area contributed by atoms with Gasteiger partial charge >= 0.3 is 6.18 Å². The highest BCUT2D eigenvalue weighted by molar-refractivity contribution is 5.53. The summed E-state index contributed by atoms with van der Waals surface area (Å²) in [6.45, 7) is 3.51. The van der Waals surface area contributed by atoms with Gasteiger partial charge in [-0.3, -0.25) is 0 Å². The van der Waals surface area contributed by atoms with E-state index in [4.69, 9.17) is 0 Å². The van der Waals surface area contributed by atoms with Crippen LogP contribution in [0.5, 0.6) is 0 Å². The lowest BCUT2D eigenvalue weighted by molar-refractivity contribution is -0.137. The summed E-state index contributed by atoms with van der Waals surface area (Å²) >= 11 is 0. The van der Waals surface area contributed by atoms with Crippen LogP contribution in [0.3, 0.4) is 0 Å². The molecule has 3 rings (SSSR count). The number of halogens is 3. The molecule has 2 heterocycles. The summed E-state index contributed by atoms with van der Waals surface area (Å²) in [5.41, 5.74) is 1.11. The Bertz CT molecular complexity index is 465. The average Bonchev–Trinajstić information content (AvgIpc) is 2.55. The van der Waals surface area contributed by atoms with Crippen LogP contribution in [0.2, 0.25) is 0 Å². The third kappa shape index (κ3) is 3.57. The minimum Gasteiger partial charge on any atom is -0.372 e. The Morgan fingerprint density at radius 3 is 2.27 bits per heavy atom. The molecule has 2 saturated heterocycles. The third-order valence-corrected chi connectivity index (χ3v) is 4.80. The van der Waals surface area contributed by atoms with Crippen LogP contribution in [0, 0.1) is 0 Å². The van der Waals surface area contributed by atoms with Gasteiger partial charge in [0, 0.05) is 18.8 Å². The lowest BCUT2D eigenvalue weighted by atomic mass is 9.88. The molecule has 0 unspecified atom stereocenters. The SMILES string of the molecule is FC(F)(F)c1cc(C2CCNCC2)cc(N2CCCCC2)c1. The predicted molar refractivity (Wildman–Crippen MR) is 82.4 cm³/mol. The summed E-state index contributed by atoms with van der Waals surface area (Å²) in [6, 6.07) is 4.69. The van der Waals surface area contributed by atoms with Crippen molar-refractivity contribution in [2.75, 3.05) is 31.1 Å². The quantitative estimate of drug-likeness (QED) is 0.882. The number of benzene rings is 1. The van der Waals surface area contributed by atoms with Gasteiger partial charge in [0.1, 0.15) is 0 Å². The maximum Gasteiger partial charge on any atom is 0.416 e. The number of piperidine rings is 2. The molecule has 1 aromatic carbocycles. The molecule has 0 aliphatic carbocycles. The zero-order valence-corrected chi connectivity index (χ0v) is 12.8. The summed E-state index contributed by atoms with van der Waals surface area (Å²) in [5.74, 6) is 0.243. The fraction of sp³-hybridized carbons (Fsp3) is 0.647. The fourth-order valence-electron chi connectivity index (χ4n) is 3.52. The van der Waals surface area contributed by atoms with Crippen molar-refractivity contribution < 1.29 is 13.2 Å². The molecule has 2 nitrogen and oxygen atoms in total. The highest BCUT2D eigenvalue weighted by Crippen LogP contribution is 2.37. The minimum atomic E-state index is -4.27. The molecule has 22 heavy (non-hydrogen) atoms. The Morgan fingerprint density at radius 2 is 1.64 bits per heavy atom. The summed E-state index contributed by atoms with van der Waals surface area (Å²) in [5, 5.41) is 3.27. The number of hydrogen-bond donors (Lipinski definition) is 1. The standard InChI is InChI=1S/C17H23F3N2/c18-17(19,20)15-10-14(13-4-6-21-7-5-13)11-16(12-15)22-8-2-1-3-9-22/h10-13,21H,1-9H2. The van der Waals surface area contributed by atoms with Crippen molar-refractivity contribution in [1.82, 2.24) is 5.32 Å². The van der Waals surface area contributed by atoms with Crippen LogP contribution in [0.1, 0.15) is 49.1 Å². The number of nitrogens with zero attached hydrogens (tertiary/aromatic N) is 1. The Hall–Kier alpha value is -1.23. The van der Waals surface area contributed by atoms with Gasteiger partial charge in [-0.2, -0.15) is 13.2 Å². The van der Waals surface area contributed by atoms with Gasteiger partial charge in [-0.05, 0) is 74.9 Å². The molecule has 5 heteroatoms. The van der Waals surface area contributed by atoms with Crippen LogP contribution in [-0.2, 0) is 6.18 Å². The van der Waals surface area contributed by atoms with Crippen LogP contribution in [0.15, 0.2) is 18.2 Å². The van der Waals surface area contributed by atoms with E-state index in [0.717, 1.165) is 63.1 Å². The van der Waals surface area contributed by atoms with Crippen LogP contribution >= 0.6 is 0 Å². The second kappa shape index (κ2) is 6.49. The molecule has 0 radical (unpaired) electrons. The predicted octanol–water partition coefficient (Wildman–Crippen LogP) is 4.16. The normalized spacial score (nSPS) is 21.1. The average molecular weight is 312 g/mol. The molecule has 0 saturated carbocycles. The first-order valence-corrected chi connectivity index (χ1v) is 8.22. The van der Waals surface area contributed by atoms with Crippen molar-refractivity contribution in [2.45, 2.75) is 44.2 Å². The maximum atomic E-state index is 13.3. The summed E-state index contributed by atoms with van der Waals surface area (Å²) in [6.07, 6.45) is 0.878. The van der Waals surface area contributed by atoms with E-state index in [1.807, 2.05) is 6.07 Å². The van der Waals surface area contributed by atoms with E-state index in [1.54, 1.807) is 0 Å². The van der Waals surface area contributed by atoms with Crippen molar-refractivity contribution in [1.29, 1.82) is 0 Å². The number of hydrogen-bond acceptors (Lipinski definition) is 2. The van der Waals surface area contributed by atoms with E-state index >= 15 is 0 Å². The van der Waals surface area contributed by atoms with E-state index in [0.29, 0.717) is 0 Å². The van der Waals surface area contributed by atoms with Crippen molar-refractivity contribution in [2.24, 2.45) is 0 Å². The smallest absolute Gasteiger partial charge is 0.372 e. The van der Waals surface area contributed by atoms with Crippen molar-refractivity contribution in [3.05, 3.63) is 29.3 Å². The number of rotatable bonds is 2.